The van der Waals surface area contributed by atoms with Crippen LogP contribution in [0.4, 0.5) is 5.82 Å². The van der Waals surface area contributed by atoms with Crippen LogP contribution in [0.2, 0.25) is 0 Å². The molecule has 0 saturated carbocycles. The maximum absolute atomic E-state index is 11.7. The Bertz CT molecular complexity index is 375. The molecular formula is C13H22N4O. The quantitative estimate of drug-likeness (QED) is 0.837. The lowest BCUT2D eigenvalue weighted by Crippen LogP contribution is -2.31. The average Bonchev–Trinajstić information content (AvgIpc) is 2.35. The van der Waals surface area contributed by atoms with Crippen molar-refractivity contribution in [2.24, 2.45) is 0 Å². The molecule has 0 aromatic carbocycles. The zero-order chi connectivity index (χ0) is 13.5. The molecule has 0 saturated heterocycles. The third-order valence-corrected chi connectivity index (χ3v) is 2.54. The Labute approximate surface area is 109 Å². The van der Waals surface area contributed by atoms with Crippen LogP contribution >= 0.6 is 0 Å². The van der Waals surface area contributed by atoms with Crippen LogP contribution in [0.15, 0.2) is 12.1 Å². The van der Waals surface area contributed by atoms with Crippen molar-refractivity contribution in [3.05, 3.63) is 17.8 Å². The Morgan fingerprint density at radius 2 is 2.11 bits per heavy atom. The minimum absolute atomic E-state index is 0.103. The van der Waals surface area contributed by atoms with Crippen LogP contribution in [0, 0.1) is 0 Å². The highest BCUT2D eigenvalue weighted by atomic mass is 16.1. The summed E-state index contributed by atoms with van der Waals surface area (Å²) in [7, 11) is 1.98. The molecule has 18 heavy (non-hydrogen) atoms. The number of nitrogens with one attached hydrogen (secondary N) is 1. The minimum atomic E-state index is -0.180. The molecule has 1 rings (SSSR count). The summed E-state index contributed by atoms with van der Waals surface area (Å²) in [6, 6.07) is 3.65. The summed E-state index contributed by atoms with van der Waals surface area (Å²) >= 11 is 0. The molecular weight excluding hydrogens is 228 g/mol. The van der Waals surface area contributed by atoms with Gasteiger partial charge in [0.05, 0.1) is 0 Å². The topological polar surface area (TPSA) is 58.1 Å². The van der Waals surface area contributed by atoms with E-state index in [0.29, 0.717) is 5.69 Å². The molecule has 0 bridgehead atoms. The first kappa shape index (κ1) is 14.4. The molecule has 0 aliphatic carbocycles. The number of nitrogens with zero attached hydrogens (tertiary/aromatic N) is 3. The second-order valence-electron chi connectivity index (χ2n) is 4.68. The van der Waals surface area contributed by atoms with Crippen molar-refractivity contribution in [3.63, 3.8) is 0 Å². The highest BCUT2D eigenvalue weighted by Gasteiger charge is 2.10. The van der Waals surface area contributed by atoms with Crippen LogP contribution in [0.3, 0.4) is 0 Å². The number of aromatic nitrogens is 2. The van der Waals surface area contributed by atoms with Gasteiger partial charge in [0.2, 0.25) is 0 Å². The molecule has 0 fully saturated rings. The van der Waals surface area contributed by atoms with E-state index in [2.05, 4.69) is 22.4 Å². The first-order valence-corrected chi connectivity index (χ1v) is 6.40. The third kappa shape index (κ3) is 4.31. The first-order valence-electron chi connectivity index (χ1n) is 6.40. The maximum atomic E-state index is 11.7. The van der Waals surface area contributed by atoms with E-state index in [0.717, 1.165) is 25.2 Å². The van der Waals surface area contributed by atoms with Crippen LogP contribution in [-0.2, 0) is 0 Å². The van der Waals surface area contributed by atoms with Crippen molar-refractivity contribution < 1.29 is 4.79 Å². The number of carbonyl (C=O) groups is 1. The summed E-state index contributed by atoms with van der Waals surface area (Å²) < 4.78 is 0. The van der Waals surface area contributed by atoms with Gasteiger partial charge in [0.1, 0.15) is 0 Å². The summed E-state index contributed by atoms with van der Waals surface area (Å²) in [6.45, 7) is 6.93. The van der Waals surface area contributed by atoms with Crippen molar-refractivity contribution in [1.82, 2.24) is 15.5 Å². The van der Waals surface area contributed by atoms with Crippen LogP contribution < -0.4 is 10.2 Å². The zero-order valence-corrected chi connectivity index (χ0v) is 11.6. The fourth-order valence-corrected chi connectivity index (χ4v) is 1.50. The van der Waals surface area contributed by atoms with Gasteiger partial charge in [-0.05, 0) is 32.4 Å². The predicted molar refractivity (Wildman–Crippen MR) is 72.8 cm³/mol. The number of unbranched alkanes of at least 4 members (excludes halogenated alkanes) is 1. The molecule has 0 radical (unpaired) electrons. The Morgan fingerprint density at radius 3 is 2.61 bits per heavy atom. The molecule has 0 atom stereocenters. The molecule has 100 valence electrons. The van der Waals surface area contributed by atoms with E-state index in [9.17, 15) is 4.79 Å². The van der Waals surface area contributed by atoms with Gasteiger partial charge in [-0.15, -0.1) is 10.2 Å². The number of anilines is 1. The second-order valence-corrected chi connectivity index (χ2v) is 4.68. The fourth-order valence-electron chi connectivity index (χ4n) is 1.50. The molecule has 1 amide bonds. The Kier molecular flexibility index (Phi) is 5.55. The van der Waals surface area contributed by atoms with E-state index in [1.807, 2.05) is 31.9 Å². The summed E-state index contributed by atoms with van der Waals surface area (Å²) in [4.78, 5) is 13.7. The molecule has 0 unspecified atom stereocenters. The van der Waals surface area contributed by atoms with Crippen molar-refractivity contribution >= 4 is 11.7 Å². The highest BCUT2D eigenvalue weighted by molar-refractivity contribution is 5.92. The van der Waals surface area contributed by atoms with E-state index in [4.69, 9.17) is 0 Å². The van der Waals surface area contributed by atoms with Crippen LogP contribution in [0.5, 0.6) is 0 Å². The SMILES string of the molecule is CCCCN(C)c1ccc(C(=O)NC(C)C)nn1. The zero-order valence-electron chi connectivity index (χ0n) is 11.6. The molecule has 0 spiro atoms. The average molecular weight is 250 g/mol. The van der Waals surface area contributed by atoms with E-state index in [1.54, 1.807) is 6.07 Å². The number of amides is 1. The molecule has 1 heterocycles. The van der Waals surface area contributed by atoms with Gasteiger partial charge in [0.25, 0.3) is 5.91 Å². The smallest absolute Gasteiger partial charge is 0.271 e. The van der Waals surface area contributed by atoms with Crippen molar-refractivity contribution in [2.45, 2.75) is 39.7 Å². The van der Waals surface area contributed by atoms with Gasteiger partial charge in [0, 0.05) is 19.6 Å². The van der Waals surface area contributed by atoms with Gasteiger partial charge in [-0.3, -0.25) is 4.79 Å². The lowest BCUT2D eigenvalue weighted by atomic mass is 10.3. The summed E-state index contributed by atoms with van der Waals surface area (Å²) in [6.07, 6.45) is 2.26. The van der Waals surface area contributed by atoms with E-state index < -0.39 is 0 Å². The number of hydrogen-bond donors (Lipinski definition) is 1. The predicted octanol–water partition coefficient (Wildman–Crippen LogP) is 1.85. The van der Waals surface area contributed by atoms with Crippen LogP contribution in [0.1, 0.15) is 44.1 Å². The molecule has 5 heteroatoms. The van der Waals surface area contributed by atoms with Gasteiger partial charge in [-0.2, -0.15) is 0 Å². The third-order valence-electron chi connectivity index (χ3n) is 2.54. The Hall–Kier alpha value is -1.65. The number of hydrogen-bond acceptors (Lipinski definition) is 4. The summed E-state index contributed by atoms with van der Waals surface area (Å²) in [5.41, 5.74) is 0.358. The Morgan fingerprint density at radius 1 is 1.39 bits per heavy atom. The number of rotatable bonds is 6. The molecule has 5 nitrogen and oxygen atoms in total. The van der Waals surface area contributed by atoms with Crippen LogP contribution in [0.25, 0.3) is 0 Å². The van der Waals surface area contributed by atoms with Gasteiger partial charge >= 0.3 is 0 Å². The largest absolute Gasteiger partial charge is 0.358 e. The first-order chi connectivity index (χ1) is 8.54. The number of carbonyl (C=O) groups excluding carboxylic acids is 1. The van der Waals surface area contributed by atoms with E-state index in [1.165, 1.54) is 0 Å². The maximum Gasteiger partial charge on any atom is 0.271 e. The lowest BCUT2D eigenvalue weighted by Gasteiger charge is -2.17. The van der Waals surface area contributed by atoms with Gasteiger partial charge < -0.3 is 10.2 Å². The summed E-state index contributed by atoms with van der Waals surface area (Å²) in [5, 5.41) is 10.8. The van der Waals surface area contributed by atoms with E-state index >= 15 is 0 Å². The normalized spacial score (nSPS) is 10.5. The monoisotopic (exact) mass is 250 g/mol. The molecule has 0 aliphatic heterocycles. The van der Waals surface area contributed by atoms with Gasteiger partial charge in [0.15, 0.2) is 11.5 Å². The summed E-state index contributed by atoms with van der Waals surface area (Å²) in [5.74, 6) is 0.616. The van der Waals surface area contributed by atoms with Gasteiger partial charge in [-0.1, -0.05) is 13.3 Å². The van der Waals surface area contributed by atoms with Crippen molar-refractivity contribution in [2.75, 3.05) is 18.5 Å². The van der Waals surface area contributed by atoms with E-state index in [-0.39, 0.29) is 11.9 Å². The van der Waals surface area contributed by atoms with Crippen molar-refractivity contribution in [3.8, 4) is 0 Å². The molecule has 1 aromatic heterocycles. The highest BCUT2D eigenvalue weighted by Crippen LogP contribution is 2.08. The molecule has 0 aliphatic rings. The van der Waals surface area contributed by atoms with Crippen molar-refractivity contribution in [1.29, 1.82) is 0 Å². The Balaban J connectivity index is 2.64. The molecule has 1 N–H and O–H groups in total. The fraction of sp³-hybridized carbons (Fsp3) is 0.615. The van der Waals surface area contributed by atoms with Crippen LogP contribution in [-0.4, -0.2) is 35.7 Å². The molecule has 1 aromatic rings. The lowest BCUT2D eigenvalue weighted by molar-refractivity contribution is 0.0937. The minimum Gasteiger partial charge on any atom is -0.358 e. The van der Waals surface area contributed by atoms with Gasteiger partial charge in [-0.25, -0.2) is 0 Å². The second kappa shape index (κ2) is 6.93. The standard InChI is InChI=1S/C13H22N4O/c1-5-6-9-17(4)12-8-7-11(15-16-12)13(18)14-10(2)3/h7-8,10H,5-6,9H2,1-4H3,(H,14,18).